The number of hydrogen-bond donors (Lipinski definition) is 2. The smallest absolute Gasteiger partial charge is 0.221 e. The van der Waals surface area contributed by atoms with Crippen LogP contribution in [0.2, 0.25) is 0 Å². The number of amides is 1. The second-order valence-corrected chi connectivity index (χ2v) is 7.42. The molecule has 1 rings (SSSR count). The summed E-state index contributed by atoms with van der Waals surface area (Å²) >= 11 is 0. The Morgan fingerprint density at radius 1 is 1.35 bits per heavy atom. The summed E-state index contributed by atoms with van der Waals surface area (Å²) in [6.07, 6.45) is 4.64. The zero-order valence-electron chi connectivity index (χ0n) is 12.5. The van der Waals surface area contributed by atoms with Crippen molar-refractivity contribution in [1.29, 1.82) is 0 Å². The molecule has 6 nitrogen and oxygen atoms in total. The third-order valence-corrected chi connectivity index (χ3v) is 4.75. The molecule has 1 unspecified atom stereocenters. The molecule has 1 saturated heterocycles. The van der Waals surface area contributed by atoms with Crippen LogP contribution in [0.5, 0.6) is 0 Å². The number of sulfonamides is 1. The van der Waals surface area contributed by atoms with Gasteiger partial charge in [-0.15, -0.1) is 0 Å². The van der Waals surface area contributed by atoms with Gasteiger partial charge in [-0.05, 0) is 31.7 Å². The molecule has 1 aliphatic heterocycles. The van der Waals surface area contributed by atoms with Gasteiger partial charge in [0, 0.05) is 32.6 Å². The maximum atomic E-state index is 11.5. The normalized spacial score (nSPS) is 20.8. The van der Waals surface area contributed by atoms with E-state index in [1.807, 2.05) is 6.92 Å². The van der Waals surface area contributed by atoms with Crippen molar-refractivity contribution in [2.24, 2.45) is 5.92 Å². The minimum atomic E-state index is -3.07. The van der Waals surface area contributed by atoms with Gasteiger partial charge in [0.15, 0.2) is 0 Å². The van der Waals surface area contributed by atoms with Crippen molar-refractivity contribution in [3.05, 3.63) is 0 Å². The molecule has 2 N–H and O–H groups in total. The topological polar surface area (TPSA) is 78.5 Å². The van der Waals surface area contributed by atoms with E-state index in [-0.39, 0.29) is 5.91 Å². The lowest BCUT2D eigenvalue weighted by Crippen LogP contribution is -2.42. The van der Waals surface area contributed by atoms with Crippen LogP contribution in [0.15, 0.2) is 0 Å². The highest BCUT2D eigenvalue weighted by Crippen LogP contribution is 2.17. The minimum Gasteiger partial charge on any atom is -0.356 e. The van der Waals surface area contributed by atoms with Gasteiger partial charge in [-0.25, -0.2) is 12.7 Å². The Labute approximate surface area is 122 Å². The van der Waals surface area contributed by atoms with E-state index in [1.165, 1.54) is 6.26 Å². The number of hydrogen-bond acceptors (Lipinski definition) is 4. The summed E-state index contributed by atoms with van der Waals surface area (Å²) in [7, 11) is -3.07. The van der Waals surface area contributed by atoms with Crippen molar-refractivity contribution >= 4 is 15.9 Å². The fourth-order valence-corrected chi connectivity index (χ4v) is 3.30. The predicted octanol–water partition coefficient (Wildman–Crippen LogP) is 0.164. The molecule has 0 aromatic heterocycles. The summed E-state index contributed by atoms with van der Waals surface area (Å²) in [4.78, 5) is 11.4. The summed E-state index contributed by atoms with van der Waals surface area (Å²) in [6, 6.07) is 0. The molecule has 1 amide bonds. The first kappa shape index (κ1) is 17.4. The van der Waals surface area contributed by atoms with Crippen molar-refractivity contribution in [1.82, 2.24) is 14.9 Å². The average molecular weight is 305 g/mol. The SMILES string of the molecule is CCCNC(=O)CCNCC1CCCN(S(C)(=O)=O)C1. The van der Waals surface area contributed by atoms with Crippen LogP contribution in [0.3, 0.4) is 0 Å². The summed E-state index contributed by atoms with van der Waals surface area (Å²) in [5, 5.41) is 6.08. The molecule has 0 saturated carbocycles. The van der Waals surface area contributed by atoms with E-state index in [0.29, 0.717) is 32.0 Å². The highest BCUT2D eigenvalue weighted by atomic mass is 32.2. The van der Waals surface area contributed by atoms with Crippen LogP contribution in [0.1, 0.15) is 32.6 Å². The molecule has 0 aromatic carbocycles. The molecule has 0 aliphatic carbocycles. The molecule has 0 radical (unpaired) electrons. The summed E-state index contributed by atoms with van der Waals surface area (Å²) in [5.74, 6) is 0.415. The van der Waals surface area contributed by atoms with Gasteiger partial charge in [-0.3, -0.25) is 4.79 Å². The Hall–Kier alpha value is -0.660. The number of carbonyl (C=O) groups excluding carboxylic acids is 1. The molecule has 0 aromatic rings. The average Bonchev–Trinajstić information content (AvgIpc) is 2.41. The molecule has 0 spiro atoms. The van der Waals surface area contributed by atoms with Crippen LogP contribution in [0.25, 0.3) is 0 Å². The van der Waals surface area contributed by atoms with Gasteiger partial charge >= 0.3 is 0 Å². The Balaban J connectivity index is 2.17. The number of piperidine rings is 1. The lowest BCUT2D eigenvalue weighted by Gasteiger charge is -2.31. The fraction of sp³-hybridized carbons (Fsp3) is 0.923. The van der Waals surface area contributed by atoms with E-state index in [1.54, 1.807) is 4.31 Å². The molecule has 1 atom stereocenters. The fourth-order valence-electron chi connectivity index (χ4n) is 2.36. The van der Waals surface area contributed by atoms with E-state index in [4.69, 9.17) is 0 Å². The third-order valence-electron chi connectivity index (χ3n) is 3.48. The lowest BCUT2D eigenvalue weighted by atomic mass is 10.00. The summed E-state index contributed by atoms with van der Waals surface area (Å²) in [5.41, 5.74) is 0. The van der Waals surface area contributed by atoms with E-state index in [2.05, 4.69) is 10.6 Å². The predicted molar refractivity (Wildman–Crippen MR) is 79.9 cm³/mol. The molecule has 1 fully saturated rings. The van der Waals surface area contributed by atoms with E-state index in [9.17, 15) is 13.2 Å². The first-order chi connectivity index (χ1) is 9.43. The van der Waals surface area contributed by atoms with Gasteiger partial charge in [0.1, 0.15) is 0 Å². The van der Waals surface area contributed by atoms with Gasteiger partial charge in [0.05, 0.1) is 6.26 Å². The van der Waals surface area contributed by atoms with Crippen LogP contribution >= 0.6 is 0 Å². The Bertz CT molecular complexity index is 398. The second kappa shape index (κ2) is 8.59. The largest absolute Gasteiger partial charge is 0.356 e. The van der Waals surface area contributed by atoms with Crippen molar-refractivity contribution in [3.8, 4) is 0 Å². The number of nitrogens with zero attached hydrogens (tertiary/aromatic N) is 1. The standard InChI is InChI=1S/C13H27N3O3S/c1-3-7-15-13(17)6-8-14-10-12-5-4-9-16(11-12)20(2,18)19/h12,14H,3-11H2,1-2H3,(H,15,17). The van der Waals surface area contributed by atoms with Crippen molar-refractivity contribution < 1.29 is 13.2 Å². The van der Waals surface area contributed by atoms with E-state index < -0.39 is 10.0 Å². The van der Waals surface area contributed by atoms with Gasteiger partial charge in [-0.1, -0.05) is 6.92 Å². The first-order valence-electron chi connectivity index (χ1n) is 7.36. The number of nitrogens with one attached hydrogen (secondary N) is 2. The van der Waals surface area contributed by atoms with Crippen LogP contribution < -0.4 is 10.6 Å². The third kappa shape index (κ3) is 6.67. The van der Waals surface area contributed by atoms with Crippen LogP contribution in [0.4, 0.5) is 0 Å². The van der Waals surface area contributed by atoms with Crippen LogP contribution in [-0.4, -0.2) is 57.6 Å². The monoisotopic (exact) mass is 305 g/mol. The van der Waals surface area contributed by atoms with Crippen LogP contribution in [0, 0.1) is 5.92 Å². The maximum absolute atomic E-state index is 11.5. The summed E-state index contributed by atoms with van der Waals surface area (Å²) in [6.45, 7) is 5.39. The molecule has 7 heteroatoms. The second-order valence-electron chi connectivity index (χ2n) is 5.43. The zero-order valence-corrected chi connectivity index (χ0v) is 13.3. The zero-order chi connectivity index (χ0) is 15.0. The maximum Gasteiger partial charge on any atom is 0.221 e. The van der Waals surface area contributed by atoms with Crippen LogP contribution in [-0.2, 0) is 14.8 Å². The molecule has 20 heavy (non-hydrogen) atoms. The van der Waals surface area contributed by atoms with E-state index in [0.717, 1.165) is 32.4 Å². The molecule has 1 heterocycles. The molecular weight excluding hydrogens is 278 g/mol. The van der Waals surface area contributed by atoms with Gasteiger partial charge in [0.2, 0.25) is 15.9 Å². The quantitative estimate of drug-likeness (QED) is 0.626. The molecular formula is C13H27N3O3S. The highest BCUT2D eigenvalue weighted by Gasteiger charge is 2.25. The van der Waals surface area contributed by atoms with Crippen molar-refractivity contribution in [2.45, 2.75) is 32.6 Å². The first-order valence-corrected chi connectivity index (χ1v) is 9.21. The van der Waals surface area contributed by atoms with Gasteiger partial charge in [0.25, 0.3) is 0 Å². The molecule has 1 aliphatic rings. The number of rotatable bonds is 8. The Morgan fingerprint density at radius 2 is 2.10 bits per heavy atom. The highest BCUT2D eigenvalue weighted by molar-refractivity contribution is 7.88. The number of carbonyl (C=O) groups is 1. The Morgan fingerprint density at radius 3 is 2.75 bits per heavy atom. The lowest BCUT2D eigenvalue weighted by molar-refractivity contribution is -0.120. The molecule has 0 bridgehead atoms. The van der Waals surface area contributed by atoms with E-state index >= 15 is 0 Å². The van der Waals surface area contributed by atoms with Gasteiger partial charge in [-0.2, -0.15) is 0 Å². The Kier molecular flexibility index (Phi) is 7.47. The van der Waals surface area contributed by atoms with Gasteiger partial charge < -0.3 is 10.6 Å². The summed E-state index contributed by atoms with van der Waals surface area (Å²) < 4.78 is 24.6. The molecule has 118 valence electrons. The minimum absolute atomic E-state index is 0.0701. The van der Waals surface area contributed by atoms with Crippen molar-refractivity contribution in [3.63, 3.8) is 0 Å². The van der Waals surface area contributed by atoms with Crippen molar-refractivity contribution in [2.75, 3.05) is 39.0 Å².